The van der Waals surface area contributed by atoms with Crippen molar-refractivity contribution in [2.45, 2.75) is 13.5 Å². The van der Waals surface area contributed by atoms with Gasteiger partial charge < -0.3 is 10.1 Å². The molecular formula is C14H13BrN6O3. The number of ether oxygens (including phenoxy) is 1. The molecule has 0 aliphatic carbocycles. The highest BCUT2D eigenvalue weighted by molar-refractivity contribution is 9.10. The van der Waals surface area contributed by atoms with Crippen LogP contribution in [0.2, 0.25) is 0 Å². The lowest BCUT2D eigenvalue weighted by atomic mass is 10.3. The lowest BCUT2D eigenvalue weighted by Crippen LogP contribution is -2.15. The van der Waals surface area contributed by atoms with E-state index in [1.807, 2.05) is 6.92 Å². The number of nitrogens with one attached hydrogen (secondary N) is 1. The average molecular weight is 393 g/mol. The molecule has 1 amide bonds. The van der Waals surface area contributed by atoms with E-state index in [9.17, 15) is 9.59 Å². The topological polar surface area (TPSA) is 103 Å². The van der Waals surface area contributed by atoms with Crippen LogP contribution in [0.5, 0.6) is 0 Å². The minimum atomic E-state index is -0.631. The van der Waals surface area contributed by atoms with Crippen molar-refractivity contribution in [3.63, 3.8) is 0 Å². The van der Waals surface area contributed by atoms with Gasteiger partial charge in [-0.3, -0.25) is 9.48 Å². The monoisotopic (exact) mass is 392 g/mol. The Bertz CT molecular complexity index is 932. The fourth-order valence-corrected chi connectivity index (χ4v) is 2.65. The number of esters is 1. The summed E-state index contributed by atoms with van der Waals surface area (Å²) in [6.45, 7) is 2.41. The van der Waals surface area contributed by atoms with E-state index in [1.54, 1.807) is 24.7 Å². The van der Waals surface area contributed by atoms with Gasteiger partial charge in [0.1, 0.15) is 0 Å². The zero-order valence-electron chi connectivity index (χ0n) is 12.9. The molecule has 9 nitrogen and oxygen atoms in total. The minimum Gasteiger partial charge on any atom is -0.464 e. The number of hydrogen-bond acceptors (Lipinski definition) is 6. The number of aromatic nitrogens is 5. The van der Waals surface area contributed by atoms with E-state index < -0.39 is 11.9 Å². The molecule has 10 heteroatoms. The van der Waals surface area contributed by atoms with Crippen LogP contribution in [0.25, 0.3) is 5.65 Å². The molecule has 124 valence electrons. The van der Waals surface area contributed by atoms with Gasteiger partial charge in [0.15, 0.2) is 17.0 Å². The summed E-state index contributed by atoms with van der Waals surface area (Å²) in [5, 5.41) is 10.9. The maximum Gasteiger partial charge on any atom is 0.360 e. The summed E-state index contributed by atoms with van der Waals surface area (Å²) in [5.41, 5.74) is 0.949. The Kier molecular flexibility index (Phi) is 4.30. The number of hydrogen-bond donors (Lipinski definition) is 1. The molecule has 0 atom stereocenters. The van der Waals surface area contributed by atoms with Gasteiger partial charge in [-0.05, 0) is 28.9 Å². The van der Waals surface area contributed by atoms with Crippen molar-refractivity contribution in [2.75, 3.05) is 12.4 Å². The fraction of sp³-hybridized carbons (Fsp3) is 0.214. The summed E-state index contributed by atoms with van der Waals surface area (Å²) in [6, 6.07) is 1.70. The van der Waals surface area contributed by atoms with E-state index in [-0.39, 0.29) is 17.1 Å². The van der Waals surface area contributed by atoms with Gasteiger partial charge in [0.2, 0.25) is 0 Å². The number of halogens is 1. The maximum absolute atomic E-state index is 12.5. The summed E-state index contributed by atoms with van der Waals surface area (Å²) in [7, 11) is 1.25. The van der Waals surface area contributed by atoms with Crippen LogP contribution < -0.4 is 5.32 Å². The molecule has 0 saturated heterocycles. The number of aryl methyl sites for hydroxylation is 1. The Morgan fingerprint density at radius 1 is 1.33 bits per heavy atom. The number of carbonyl (C=O) groups is 2. The van der Waals surface area contributed by atoms with Crippen molar-refractivity contribution in [3.05, 3.63) is 40.5 Å². The van der Waals surface area contributed by atoms with E-state index in [1.165, 1.54) is 16.3 Å². The molecule has 0 spiro atoms. The van der Waals surface area contributed by atoms with Crippen molar-refractivity contribution in [3.8, 4) is 0 Å². The minimum absolute atomic E-state index is 0.0331. The van der Waals surface area contributed by atoms with Gasteiger partial charge in [-0.25, -0.2) is 14.3 Å². The van der Waals surface area contributed by atoms with Gasteiger partial charge in [0, 0.05) is 25.1 Å². The van der Waals surface area contributed by atoms with Crippen LogP contribution in [0.3, 0.4) is 0 Å². The third kappa shape index (κ3) is 2.75. The molecule has 0 fully saturated rings. The first kappa shape index (κ1) is 16.1. The summed E-state index contributed by atoms with van der Waals surface area (Å²) in [6.07, 6.45) is 4.84. The molecule has 3 aromatic heterocycles. The van der Waals surface area contributed by atoms with E-state index >= 15 is 0 Å². The van der Waals surface area contributed by atoms with E-state index in [4.69, 9.17) is 0 Å². The number of rotatable bonds is 4. The average Bonchev–Trinajstić information content (AvgIpc) is 3.16. The molecule has 0 aromatic carbocycles. The standard InChI is InChI=1S/C14H13BrN6O3/c1-3-20-7-8(10(18-20)14(23)24-2)17-13(22)11-9(15)12-16-5-4-6-21(12)19-11/h4-7H,3H2,1-2H3,(H,17,22). The fourth-order valence-electron chi connectivity index (χ4n) is 2.11. The molecule has 3 aromatic rings. The molecule has 0 aliphatic rings. The Morgan fingerprint density at radius 3 is 2.79 bits per heavy atom. The second-order valence-electron chi connectivity index (χ2n) is 4.74. The van der Waals surface area contributed by atoms with E-state index in [0.29, 0.717) is 16.7 Å². The Hall–Kier alpha value is -2.75. The van der Waals surface area contributed by atoms with Crippen molar-refractivity contribution in [1.82, 2.24) is 24.4 Å². The summed E-state index contributed by atoms with van der Waals surface area (Å²) < 4.78 is 8.16. The molecule has 1 N–H and O–H groups in total. The first-order chi connectivity index (χ1) is 11.5. The zero-order valence-corrected chi connectivity index (χ0v) is 14.4. The van der Waals surface area contributed by atoms with Crippen molar-refractivity contribution in [2.24, 2.45) is 0 Å². The van der Waals surface area contributed by atoms with Gasteiger partial charge in [-0.1, -0.05) is 0 Å². The van der Waals surface area contributed by atoms with Crippen LogP contribution in [-0.4, -0.2) is 43.4 Å². The molecular weight excluding hydrogens is 380 g/mol. The first-order valence-electron chi connectivity index (χ1n) is 7.01. The molecule has 0 aliphatic heterocycles. The SMILES string of the molecule is CCn1cc(NC(=O)c2nn3cccnc3c2Br)c(C(=O)OC)n1. The van der Waals surface area contributed by atoms with Crippen molar-refractivity contribution in [1.29, 1.82) is 0 Å². The highest BCUT2D eigenvalue weighted by Gasteiger charge is 2.23. The lowest BCUT2D eigenvalue weighted by molar-refractivity contribution is 0.0594. The Balaban J connectivity index is 1.95. The van der Waals surface area contributed by atoms with Crippen LogP contribution >= 0.6 is 15.9 Å². The third-order valence-electron chi connectivity index (χ3n) is 3.27. The predicted molar refractivity (Wildman–Crippen MR) is 87.9 cm³/mol. The van der Waals surface area contributed by atoms with Crippen molar-refractivity contribution >= 4 is 39.1 Å². The number of nitrogens with zero attached hydrogens (tertiary/aromatic N) is 5. The largest absolute Gasteiger partial charge is 0.464 e. The molecule has 3 rings (SSSR count). The predicted octanol–water partition coefficient (Wildman–Crippen LogP) is 1.75. The quantitative estimate of drug-likeness (QED) is 0.678. The summed E-state index contributed by atoms with van der Waals surface area (Å²) in [5.74, 6) is -1.12. The number of anilines is 1. The third-order valence-corrected chi connectivity index (χ3v) is 4.00. The number of amides is 1. The van der Waals surface area contributed by atoms with Gasteiger partial charge in [0.05, 0.1) is 17.3 Å². The van der Waals surface area contributed by atoms with E-state index in [0.717, 1.165) is 0 Å². The Morgan fingerprint density at radius 2 is 2.12 bits per heavy atom. The van der Waals surface area contributed by atoms with E-state index in [2.05, 4.69) is 41.2 Å². The normalized spacial score (nSPS) is 10.8. The molecule has 0 bridgehead atoms. The highest BCUT2D eigenvalue weighted by atomic mass is 79.9. The second-order valence-corrected chi connectivity index (χ2v) is 5.54. The molecule has 0 saturated carbocycles. The van der Waals surface area contributed by atoms with Crippen LogP contribution in [0.1, 0.15) is 27.9 Å². The number of methoxy groups -OCH3 is 1. The summed E-state index contributed by atoms with van der Waals surface area (Å²) >= 11 is 3.33. The maximum atomic E-state index is 12.5. The van der Waals surface area contributed by atoms with Crippen LogP contribution in [0.15, 0.2) is 29.1 Å². The van der Waals surface area contributed by atoms with Crippen molar-refractivity contribution < 1.29 is 14.3 Å². The zero-order chi connectivity index (χ0) is 17.3. The Labute approximate surface area is 144 Å². The smallest absolute Gasteiger partial charge is 0.360 e. The molecule has 24 heavy (non-hydrogen) atoms. The molecule has 3 heterocycles. The molecule has 0 unspecified atom stereocenters. The van der Waals surface area contributed by atoms with Crippen LogP contribution in [-0.2, 0) is 11.3 Å². The lowest BCUT2D eigenvalue weighted by Gasteiger charge is -2.02. The number of fused-ring (bicyclic) bond motifs is 1. The van der Waals surface area contributed by atoms with Gasteiger partial charge in [-0.15, -0.1) is 0 Å². The van der Waals surface area contributed by atoms with Crippen LogP contribution in [0.4, 0.5) is 5.69 Å². The molecule has 0 radical (unpaired) electrons. The second kappa shape index (κ2) is 6.40. The van der Waals surface area contributed by atoms with Gasteiger partial charge >= 0.3 is 5.97 Å². The van der Waals surface area contributed by atoms with Gasteiger partial charge in [0.25, 0.3) is 5.91 Å². The van der Waals surface area contributed by atoms with Gasteiger partial charge in [-0.2, -0.15) is 10.2 Å². The van der Waals surface area contributed by atoms with Crippen LogP contribution in [0, 0.1) is 0 Å². The number of carbonyl (C=O) groups excluding carboxylic acids is 2. The summed E-state index contributed by atoms with van der Waals surface area (Å²) in [4.78, 5) is 28.5. The first-order valence-corrected chi connectivity index (χ1v) is 7.80. The highest BCUT2D eigenvalue weighted by Crippen LogP contribution is 2.23.